The van der Waals surface area contributed by atoms with Crippen molar-refractivity contribution >= 4 is 5.82 Å². The summed E-state index contributed by atoms with van der Waals surface area (Å²) in [5, 5.41) is 3.19. The van der Waals surface area contributed by atoms with E-state index in [0.717, 1.165) is 31.2 Å². The average molecular weight is 299 g/mol. The highest BCUT2D eigenvalue weighted by Gasteiger charge is 2.20. The van der Waals surface area contributed by atoms with Gasteiger partial charge in [0.25, 0.3) is 5.56 Å². The second-order valence-electron chi connectivity index (χ2n) is 5.91. The van der Waals surface area contributed by atoms with Gasteiger partial charge in [-0.1, -0.05) is 43.2 Å². The maximum atomic E-state index is 12.3. The largest absolute Gasteiger partial charge is 0.365 e. The number of aromatic amines is 1. The molecule has 0 aliphatic heterocycles. The van der Waals surface area contributed by atoms with Crippen molar-refractivity contribution in [3.05, 3.63) is 62.8 Å². The summed E-state index contributed by atoms with van der Waals surface area (Å²) in [5.74, 6) is 0.473. The van der Waals surface area contributed by atoms with E-state index >= 15 is 0 Å². The van der Waals surface area contributed by atoms with Gasteiger partial charge in [-0.05, 0) is 25.3 Å². The first-order valence-corrected chi connectivity index (χ1v) is 7.82. The number of anilines is 1. The molecule has 1 atom stereocenters. The van der Waals surface area contributed by atoms with Gasteiger partial charge in [0.1, 0.15) is 5.82 Å². The van der Waals surface area contributed by atoms with Gasteiger partial charge in [-0.2, -0.15) is 0 Å². The highest BCUT2D eigenvalue weighted by molar-refractivity contribution is 5.36. The van der Waals surface area contributed by atoms with Crippen LogP contribution in [0.3, 0.4) is 0 Å². The lowest BCUT2D eigenvalue weighted by molar-refractivity contribution is 0.479. The van der Waals surface area contributed by atoms with Crippen LogP contribution in [0.5, 0.6) is 0 Å². The summed E-state index contributed by atoms with van der Waals surface area (Å²) in [6.45, 7) is 2.00. The normalized spacial score (nSPS) is 16.6. The molecule has 0 radical (unpaired) electrons. The minimum absolute atomic E-state index is 0.0126. The first-order chi connectivity index (χ1) is 10.6. The van der Waals surface area contributed by atoms with Gasteiger partial charge < -0.3 is 5.32 Å². The second-order valence-corrected chi connectivity index (χ2v) is 5.91. The summed E-state index contributed by atoms with van der Waals surface area (Å²) in [6, 6.07) is 11.5. The van der Waals surface area contributed by atoms with Crippen molar-refractivity contribution < 1.29 is 0 Å². The SMILES string of the molecule is C[C@H](Nc1cc(=O)n(C2CCCC2)c(=O)[nH]1)c1ccccc1. The number of rotatable bonds is 4. The first kappa shape index (κ1) is 14.6. The van der Waals surface area contributed by atoms with E-state index in [1.807, 2.05) is 37.3 Å². The number of H-pyrrole nitrogens is 1. The monoisotopic (exact) mass is 299 g/mol. The van der Waals surface area contributed by atoms with E-state index in [-0.39, 0.29) is 23.3 Å². The van der Waals surface area contributed by atoms with Gasteiger partial charge >= 0.3 is 5.69 Å². The number of nitrogens with zero attached hydrogens (tertiary/aromatic N) is 1. The molecule has 1 fully saturated rings. The standard InChI is InChI=1S/C17H21N3O2/c1-12(13-7-3-2-4-8-13)18-15-11-16(21)20(17(22)19-15)14-9-5-6-10-14/h2-4,7-8,11-12,14,18H,5-6,9-10H2,1H3,(H,19,22)/t12-/m0/s1. The van der Waals surface area contributed by atoms with E-state index in [0.29, 0.717) is 5.82 Å². The van der Waals surface area contributed by atoms with E-state index < -0.39 is 0 Å². The molecule has 1 aliphatic carbocycles. The van der Waals surface area contributed by atoms with Crippen molar-refractivity contribution in [2.45, 2.75) is 44.7 Å². The third kappa shape index (κ3) is 2.98. The first-order valence-electron chi connectivity index (χ1n) is 7.82. The highest BCUT2D eigenvalue weighted by Crippen LogP contribution is 2.27. The van der Waals surface area contributed by atoms with Gasteiger partial charge in [-0.3, -0.25) is 14.3 Å². The summed E-state index contributed by atoms with van der Waals surface area (Å²) in [6.07, 6.45) is 4.00. The summed E-state index contributed by atoms with van der Waals surface area (Å²) in [7, 11) is 0. The summed E-state index contributed by atoms with van der Waals surface area (Å²) >= 11 is 0. The third-order valence-corrected chi connectivity index (χ3v) is 4.33. The van der Waals surface area contributed by atoms with Crippen LogP contribution in [-0.4, -0.2) is 9.55 Å². The Morgan fingerprint density at radius 1 is 1.18 bits per heavy atom. The van der Waals surface area contributed by atoms with Crippen molar-refractivity contribution in [1.29, 1.82) is 0 Å². The molecular formula is C17H21N3O2. The minimum atomic E-state index is -0.317. The molecule has 1 aromatic heterocycles. The molecule has 0 bridgehead atoms. The molecule has 5 nitrogen and oxygen atoms in total. The predicted octanol–water partition coefficient (Wildman–Crippen LogP) is 2.82. The molecule has 1 aliphatic rings. The molecule has 0 amide bonds. The second kappa shape index (κ2) is 6.22. The molecule has 0 saturated heterocycles. The molecular weight excluding hydrogens is 278 g/mol. The molecule has 22 heavy (non-hydrogen) atoms. The fourth-order valence-corrected chi connectivity index (χ4v) is 3.15. The maximum Gasteiger partial charge on any atom is 0.330 e. The fraction of sp³-hybridized carbons (Fsp3) is 0.412. The third-order valence-electron chi connectivity index (χ3n) is 4.33. The van der Waals surface area contributed by atoms with Crippen molar-refractivity contribution in [2.75, 3.05) is 5.32 Å². The quantitative estimate of drug-likeness (QED) is 0.912. The Kier molecular flexibility index (Phi) is 4.13. The van der Waals surface area contributed by atoms with Gasteiger partial charge in [0, 0.05) is 18.2 Å². The van der Waals surface area contributed by atoms with Gasteiger partial charge in [-0.15, -0.1) is 0 Å². The predicted molar refractivity (Wildman–Crippen MR) is 87.3 cm³/mol. The van der Waals surface area contributed by atoms with Crippen LogP contribution < -0.4 is 16.6 Å². The Balaban J connectivity index is 1.84. The van der Waals surface area contributed by atoms with E-state index in [4.69, 9.17) is 0 Å². The molecule has 2 aromatic rings. The molecule has 1 aromatic carbocycles. The highest BCUT2D eigenvalue weighted by atomic mass is 16.2. The smallest absolute Gasteiger partial charge is 0.330 e. The number of hydrogen-bond donors (Lipinski definition) is 2. The number of nitrogens with one attached hydrogen (secondary N) is 2. The number of hydrogen-bond acceptors (Lipinski definition) is 3. The Hall–Kier alpha value is -2.30. The summed E-state index contributed by atoms with van der Waals surface area (Å²) in [5.41, 5.74) is 0.559. The number of aromatic nitrogens is 2. The van der Waals surface area contributed by atoms with Gasteiger partial charge in [0.2, 0.25) is 0 Å². The van der Waals surface area contributed by atoms with Crippen molar-refractivity contribution in [2.24, 2.45) is 0 Å². The zero-order chi connectivity index (χ0) is 15.5. The lowest BCUT2D eigenvalue weighted by atomic mass is 10.1. The van der Waals surface area contributed by atoms with Crippen LogP contribution in [0.1, 0.15) is 50.3 Å². The van der Waals surface area contributed by atoms with E-state index in [2.05, 4.69) is 10.3 Å². The molecule has 0 spiro atoms. The molecule has 1 heterocycles. The Morgan fingerprint density at radius 2 is 1.86 bits per heavy atom. The van der Waals surface area contributed by atoms with Crippen LogP contribution in [0.2, 0.25) is 0 Å². The van der Waals surface area contributed by atoms with Crippen LogP contribution >= 0.6 is 0 Å². The topological polar surface area (TPSA) is 66.9 Å². The average Bonchev–Trinajstić information content (AvgIpc) is 3.01. The summed E-state index contributed by atoms with van der Waals surface area (Å²) < 4.78 is 1.37. The Labute approximate surface area is 129 Å². The molecule has 3 rings (SSSR count). The van der Waals surface area contributed by atoms with Crippen molar-refractivity contribution in [1.82, 2.24) is 9.55 Å². The molecule has 5 heteroatoms. The van der Waals surface area contributed by atoms with Crippen LogP contribution in [0.25, 0.3) is 0 Å². The van der Waals surface area contributed by atoms with Crippen LogP contribution in [0.15, 0.2) is 46.0 Å². The van der Waals surface area contributed by atoms with Gasteiger partial charge in [-0.25, -0.2) is 4.79 Å². The van der Waals surface area contributed by atoms with Crippen molar-refractivity contribution in [3.63, 3.8) is 0 Å². The van der Waals surface area contributed by atoms with Crippen LogP contribution in [-0.2, 0) is 0 Å². The van der Waals surface area contributed by atoms with E-state index in [1.54, 1.807) is 0 Å². The minimum Gasteiger partial charge on any atom is -0.365 e. The summed E-state index contributed by atoms with van der Waals surface area (Å²) in [4.78, 5) is 27.3. The van der Waals surface area contributed by atoms with E-state index in [1.165, 1.54) is 10.6 Å². The zero-order valence-electron chi connectivity index (χ0n) is 12.7. The Bertz CT molecular complexity index is 711. The van der Waals surface area contributed by atoms with E-state index in [9.17, 15) is 9.59 Å². The Morgan fingerprint density at radius 3 is 2.50 bits per heavy atom. The zero-order valence-corrected chi connectivity index (χ0v) is 12.7. The maximum absolute atomic E-state index is 12.3. The molecule has 2 N–H and O–H groups in total. The fourth-order valence-electron chi connectivity index (χ4n) is 3.15. The van der Waals surface area contributed by atoms with Crippen LogP contribution in [0, 0.1) is 0 Å². The molecule has 1 saturated carbocycles. The van der Waals surface area contributed by atoms with Crippen LogP contribution in [0.4, 0.5) is 5.82 Å². The number of benzene rings is 1. The molecule has 116 valence electrons. The lowest BCUT2D eigenvalue weighted by Crippen LogP contribution is -2.37. The van der Waals surface area contributed by atoms with Gasteiger partial charge in [0.15, 0.2) is 0 Å². The molecule has 0 unspecified atom stereocenters. The van der Waals surface area contributed by atoms with Gasteiger partial charge in [0.05, 0.1) is 0 Å². The van der Waals surface area contributed by atoms with Crippen molar-refractivity contribution in [3.8, 4) is 0 Å². The lowest BCUT2D eigenvalue weighted by Gasteiger charge is -2.17.